The molecule has 24 heavy (non-hydrogen) atoms. The lowest BCUT2D eigenvalue weighted by atomic mass is 9.86. The fraction of sp³-hybridized carbons (Fsp3) is 0.409. The molecule has 0 spiro atoms. The smallest absolute Gasteiger partial charge is 0.221 e. The maximum Gasteiger partial charge on any atom is 0.221 e. The summed E-state index contributed by atoms with van der Waals surface area (Å²) in [5.74, 6) is 2.50. The minimum atomic E-state index is -0.0570. The lowest BCUT2D eigenvalue weighted by Crippen LogP contribution is -2.31. The SMILES string of the molecule is O=C(C[C@@H]1C[C@H]2CC[C@@H]1C2)NC(c1ccccc1)c1ccccc1. The number of benzene rings is 2. The standard InChI is InChI=1S/C22H25NO/c24-21(15-20-14-16-11-12-19(20)13-16)23-22(17-7-3-1-4-8-17)18-9-5-2-6-10-18/h1-10,16,19-20,22H,11-15H2,(H,23,24)/t16-,19+,20-/m0/s1. The largest absolute Gasteiger partial charge is 0.345 e. The van der Waals surface area contributed by atoms with Crippen LogP contribution in [0.5, 0.6) is 0 Å². The number of rotatable bonds is 5. The van der Waals surface area contributed by atoms with Crippen LogP contribution in [0.3, 0.4) is 0 Å². The van der Waals surface area contributed by atoms with E-state index in [9.17, 15) is 4.79 Å². The van der Waals surface area contributed by atoms with E-state index in [-0.39, 0.29) is 11.9 Å². The van der Waals surface area contributed by atoms with Crippen LogP contribution in [-0.4, -0.2) is 5.91 Å². The first-order valence-electron chi connectivity index (χ1n) is 9.19. The Morgan fingerprint density at radius 1 is 0.917 bits per heavy atom. The van der Waals surface area contributed by atoms with E-state index in [1.807, 2.05) is 36.4 Å². The molecule has 0 aromatic heterocycles. The van der Waals surface area contributed by atoms with Gasteiger partial charge in [-0.3, -0.25) is 4.79 Å². The van der Waals surface area contributed by atoms with Crippen LogP contribution in [0.4, 0.5) is 0 Å². The molecule has 2 aromatic carbocycles. The summed E-state index contributed by atoms with van der Waals surface area (Å²) in [6, 6.07) is 20.5. The molecular weight excluding hydrogens is 294 g/mol. The molecule has 0 aliphatic heterocycles. The van der Waals surface area contributed by atoms with Crippen molar-refractivity contribution in [2.24, 2.45) is 17.8 Å². The Hall–Kier alpha value is -2.09. The number of fused-ring (bicyclic) bond motifs is 2. The predicted molar refractivity (Wildman–Crippen MR) is 96.4 cm³/mol. The van der Waals surface area contributed by atoms with Gasteiger partial charge in [-0.25, -0.2) is 0 Å². The third-order valence-electron chi connectivity index (χ3n) is 5.90. The Morgan fingerprint density at radius 3 is 2.04 bits per heavy atom. The summed E-state index contributed by atoms with van der Waals surface area (Å²) in [7, 11) is 0. The van der Waals surface area contributed by atoms with Gasteiger partial charge in [0.05, 0.1) is 6.04 Å². The summed E-state index contributed by atoms with van der Waals surface area (Å²) in [6.07, 6.45) is 6.04. The molecule has 3 atom stereocenters. The third kappa shape index (κ3) is 3.24. The van der Waals surface area contributed by atoms with Crippen LogP contribution < -0.4 is 5.32 Å². The molecule has 2 aliphatic rings. The Bertz CT molecular complexity index is 642. The number of amides is 1. The zero-order chi connectivity index (χ0) is 16.4. The van der Waals surface area contributed by atoms with Gasteiger partial charge in [0.15, 0.2) is 0 Å². The topological polar surface area (TPSA) is 29.1 Å². The Labute approximate surface area is 144 Å². The summed E-state index contributed by atoms with van der Waals surface area (Å²) in [4.78, 5) is 12.7. The molecular formula is C22H25NO. The highest BCUT2D eigenvalue weighted by Gasteiger charge is 2.40. The van der Waals surface area contributed by atoms with Crippen LogP contribution in [0.2, 0.25) is 0 Å². The number of hydrogen-bond donors (Lipinski definition) is 1. The van der Waals surface area contributed by atoms with E-state index in [0.29, 0.717) is 12.3 Å². The molecule has 0 heterocycles. The lowest BCUT2D eigenvalue weighted by Gasteiger charge is -2.24. The van der Waals surface area contributed by atoms with Crippen LogP contribution in [0.15, 0.2) is 60.7 Å². The van der Waals surface area contributed by atoms with Gasteiger partial charge in [-0.05, 0) is 48.1 Å². The molecule has 1 N–H and O–H groups in total. The highest BCUT2D eigenvalue weighted by atomic mass is 16.1. The highest BCUT2D eigenvalue weighted by molar-refractivity contribution is 5.77. The molecule has 0 radical (unpaired) electrons. The van der Waals surface area contributed by atoms with Crippen molar-refractivity contribution in [1.29, 1.82) is 0 Å². The fourth-order valence-electron chi connectivity index (χ4n) is 4.73. The summed E-state index contributed by atoms with van der Waals surface area (Å²) >= 11 is 0. The van der Waals surface area contributed by atoms with E-state index >= 15 is 0 Å². The van der Waals surface area contributed by atoms with Crippen LogP contribution in [0.25, 0.3) is 0 Å². The molecule has 2 aliphatic carbocycles. The van der Waals surface area contributed by atoms with E-state index in [0.717, 1.165) is 23.0 Å². The molecule has 0 saturated heterocycles. The van der Waals surface area contributed by atoms with Crippen LogP contribution in [0.1, 0.15) is 49.3 Å². The second kappa shape index (κ2) is 6.80. The number of carbonyl (C=O) groups is 1. The average Bonchev–Trinajstić information content (AvgIpc) is 3.24. The zero-order valence-corrected chi connectivity index (χ0v) is 14.0. The quantitative estimate of drug-likeness (QED) is 0.849. The van der Waals surface area contributed by atoms with Gasteiger partial charge in [0.1, 0.15) is 0 Å². The van der Waals surface area contributed by atoms with Gasteiger partial charge in [-0.2, -0.15) is 0 Å². The first-order chi connectivity index (χ1) is 11.8. The van der Waals surface area contributed by atoms with Crippen LogP contribution >= 0.6 is 0 Å². The van der Waals surface area contributed by atoms with E-state index in [2.05, 4.69) is 29.6 Å². The maximum atomic E-state index is 12.7. The fourth-order valence-corrected chi connectivity index (χ4v) is 4.73. The van der Waals surface area contributed by atoms with Gasteiger partial charge in [-0.1, -0.05) is 67.1 Å². The average molecular weight is 319 g/mol. The molecule has 1 amide bonds. The van der Waals surface area contributed by atoms with Gasteiger partial charge >= 0.3 is 0 Å². The summed E-state index contributed by atoms with van der Waals surface area (Å²) in [5, 5.41) is 3.30. The normalized spacial score (nSPS) is 25.1. The molecule has 2 saturated carbocycles. The van der Waals surface area contributed by atoms with Gasteiger partial charge in [0.2, 0.25) is 5.91 Å². The molecule has 2 heteroatoms. The van der Waals surface area contributed by atoms with Gasteiger partial charge in [0.25, 0.3) is 0 Å². The Morgan fingerprint density at radius 2 is 1.54 bits per heavy atom. The molecule has 124 valence electrons. The first-order valence-corrected chi connectivity index (χ1v) is 9.19. The first kappa shape index (κ1) is 15.4. The van der Waals surface area contributed by atoms with Crippen molar-refractivity contribution >= 4 is 5.91 Å². The molecule has 2 bridgehead atoms. The van der Waals surface area contributed by atoms with Crippen LogP contribution in [0, 0.1) is 17.8 Å². The van der Waals surface area contributed by atoms with Crippen molar-refractivity contribution in [2.45, 2.75) is 38.1 Å². The summed E-state index contributed by atoms with van der Waals surface area (Å²) in [5.41, 5.74) is 2.29. The third-order valence-corrected chi connectivity index (χ3v) is 5.90. The van der Waals surface area contributed by atoms with Gasteiger partial charge in [-0.15, -0.1) is 0 Å². The van der Waals surface area contributed by atoms with Gasteiger partial charge in [0, 0.05) is 6.42 Å². The minimum Gasteiger partial charge on any atom is -0.345 e. The van der Waals surface area contributed by atoms with Crippen molar-refractivity contribution in [1.82, 2.24) is 5.32 Å². The van der Waals surface area contributed by atoms with E-state index in [1.165, 1.54) is 25.7 Å². The number of carbonyl (C=O) groups excluding carboxylic acids is 1. The highest BCUT2D eigenvalue weighted by Crippen LogP contribution is 2.49. The van der Waals surface area contributed by atoms with Crippen LogP contribution in [-0.2, 0) is 4.79 Å². The van der Waals surface area contributed by atoms with Crippen molar-refractivity contribution in [3.8, 4) is 0 Å². The Kier molecular flexibility index (Phi) is 4.38. The summed E-state index contributed by atoms with van der Waals surface area (Å²) < 4.78 is 0. The van der Waals surface area contributed by atoms with Crippen molar-refractivity contribution < 1.29 is 4.79 Å². The van der Waals surface area contributed by atoms with Crippen molar-refractivity contribution in [3.05, 3.63) is 71.8 Å². The van der Waals surface area contributed by atoms with E-state index in [4.69, 9.17) is 0 Å². The summed E-state index contributed by atoms with van der Waals surface area (Å²) in [6.45, 7) is 0. The van der Waals surface area contributed by atoms with E-state index < -0.39 is 0 Å². The second-order valence-corrected chi connectivity index (χ2v) is 7.46. The number of nitrogens with one attached hydrogen (secondary N) is 1. The van der Waals surface area contributed by atoms with E-state index in [1.54, 1.807) is 0 Å². The Balaban J connectivity index is 1.48. The number of hydrogen-bond acceptors (Lipinski definition) is 1. The predicted octanol–water partition coefficient (Wildman–Crippen LogP) is 4.72. The molecule has 2 aromatic rings. The zero-order valence-electron chi connectivity index (χ0n) is 14.0. The second-order valence-electron chi connectivity index (χ2n) is 7.46. The molecule has 2 fully saturated rings. The molecule has 4 rings (SSSR count). The van der Waals surface area contributed by atoms with Crippen molar-refractivity contribution in [3.63, 3.8) is 0 Å². The molecule has 2 nitrogen and oxygen atoms in total. The van der Waals surface area contributed by atoms with Gasteiger partial charge < -0.3 is 5.32 Å². The van der Waals surface area contributed by atoms with Crippen molar-refractivity contribution in [2.75, 3.05) is 0 Å². The maximum absolute atomic E-state index is 12.7. The minimum absolute atomic E-state index is 0.0570. The lowest BCUT2D eigenvalue weighted by molar-refractivity contribution is -0.122. The molecule has 0 unspecified atom stereocenters. The monoisotopic (exact) mass is 319 g/mol.